The van der Waals surface area contributed by atoms with Crippen molar-refractivity contribution in [3.8, 4) is 11.5 Å². The molecule has 19 heavy (non-hydrogen) atoms. The summed E-state index contributed by atoms with van der Waals surface area (Å²) in [5, 5.41) is 19.9. The Labute approximate surface area is 123 Å². The van der Waals surface area contributed by atoms with Crippen LogP contribution in [0.2, 0.25) is 0 Å². The Morgan fingerprint density at radius 2 is 1.95 bits per heavy atom. The lowest BCUT2D eigenvalue weighted by atomic mass is 10.2. The van der Waals surface area contributed by atoms with E-state index in [9.17, 15) is 15.2 Å². The Hall–Kier alpha value is -1.67. The van der Waals surface area contributed by atoms with Crippen LogP contribution in [0.25, 0.3) is 0 Å². The Morgan fingerprint density at radius 1 is 1.21 bits per heavy atom. The van der Waals surface area contributed by atoms with Crippen molar-refractivity contribution in [3.63, 3.8) is 0 Å². The molecule has 0 fully saturated rings. The highest BCUT2D eigenvalue weighted by Gasteiger charge is 2.11. The summed E-state index contributed by atoms with van der Waals surface area (Å²) in [6.45, 7) is -0.125. The molecule has 0 atom stereocenters. The van der Waals surface area contributed by atoms with Crippen LogP contribution in [0, 0.1) is 13.7 Å². The summed E-state index contributed by atoms with van der Waals surface area (Å²) in [6, 6.07) is 11.5. The number of para-hydroxylation sites is 1. The Morgan fingerprint density at radius 3 is 2.58 bits per heavy atom. The molecule has 2 rings (SSSR count). The third kappa shape index (κ3) is 3.21. The normalized spacial score (nSPS) is 10.2. The molecule has 0 aliphatic heterocycles. The number of hydrogen-bond donors (Lipinski definition) is 1. The van der Waals surface area contributed by atoms with Crippen LogP contribution in [-0.2, 0) is 6.61 Å². The maximum atomic E-state index is 10.7. The predicted molar refractivity (Wildman–Crippen MR) is 78.3 cm³/mol. The molecular formula is C13H10INO4. The molecule has 0 radical (unpaired) electrons. The minimum absolute atomic E-state index is 0.0205. The van der Waals surface area contributed by atoms with Crippen LogP contribution in [0.5, 0.6) is 11.5 Å². The minimum atomic E-state index is -0.451. The van der Waals surface area contributed by atoms with Crippen molar-refractivity contribution in [1.29, 1.82) is 0 Å². The van der Waals surface area contributed by atoms with Gasteiger partial charge in [-0.1, -0.05) is 18.2 Å². The van der Waals surface area contributed by atoms with E-state index in [1.54, 1.807) is 30.3 Å². The molecule has 6 heteroatoms. The summed E-state index contributed by atoms with van der Waals surface area (Å²) in [7, 11) is 0. The van der Waals surface area contributed by atoms with Crippen molar-refractivity contribution in [3.05, 3.63) is 61.7 Å². The van der Waals surface area contributed by atoms with E-state index in [-0.39, 0.29) is 12.3 Å². The first kappa shape index (κ1) is 13.8. The number of aliphatic hydroxyl groups is 1. The molecule has 2 aromatic carbocycles. The summed E-state index contributed by atoms with van der Waals surface area (Å²) in [4.78, 5) is 10.2. The van der Waals surface area contributed by atoms with Gasteiger partial charge in [0.1, 0.15) is 11.5 Å². The van der Waals surface area contributed by atoms with E-state index in [1.807, 2.05) is 22.6 Å². The maximum Gasteiger partial charge on any atom is 0.270 e. The van der Waals surface area contributed by atoms with Crippen LogP contribution < -0.4 is 4.74 Å². The molecule has 0 bridgehead atoms. The first-order chi connectivity index (χ1) is 9.11. The molecular weight excluding hydrogens is 361 g/mol. The van der Waals surface area contributed by atoms with Gasteiger partial charge in [0, 0.05) is 17.7 Å². The van der Waals surface area contributed by atoms with Crippen molar-refractivity contribution in [2.24, 2.45) is 0 Å². The molecule has 0 saturated carbocycles. The van der Waals surface area contributed by atoms with Crippen LogP contribution in [0.4, 0.5) is 5.69 Å². The molecule has 0 aliphatic carbocycles. The lowest BCUT2D eigenvalue weighted by Crippen LogP contribution is -1.94. The highest BCUT2D eigenvalue weighted by molar-refractivity contribution is 14.1. The third-order valence-electron chi connectivity index (χ3n) is 2.49. The number of aliphatic hydroxyl groups excluding tert-OH is 1. The number of nitrogens with zero attached hydrogens (tertiary/aromatic N) is 1. The highest BCUT2D eigenvalue weighted by atomic mass is 127. The highest BCUT2D eigenvalue weighted by Crippen LogP contribution is 2.31. The van der Waals surface area contributed by atoms with Gasteiger partial charge in [-0.3, -0.25) is 10.1 Å². The number of ether oxygens (including phenoxy) is 1. The second kappa shape index (κ2) is 5.98. The fourth-order valence-electron chi connectivity index (χ4n) is 1.54. The number of benzene rings is 2. The average molecular weight is 371 g/mol. The number of rotatable bonds is 4. The van der Waals surface area contributed by atoms with E-state index in [0.717, 1.165) is 0 Å². The van der Waals surface area contributed by atoms with Crippen molar-refractivity contribution >= 4 is 28.3 Å². The Bertz CT molecular complexity index is 615. The summed E-state index contributed by atoms with van der Waals surface area (Å²) < 4.78 is 6.31. The maximum absolute atomic E-state index is 10.7. The van der Waals surface area contributed by atoms with Gasteiger partial charge in [-0.15, -0.1) is 0 Å². The SMILES string of the molecule is O=[N+]([O-])c1ccc(Oc2ccccc2CO)c(I)c1. The van der Waals surface area contributed by atoms with Crippen LogP contribution >= 0.6 is 22.6 Å². The summed E-state index contributed by atoms with van der Waals surface area (Å²) >= 11 is 1.98. The quantitative estimate of drug-likeness (QED) is 0.508. The lowest BCUT2D eigenvalue weighted by molar-refractivity contribution is -0.385. The first-order valence-corrected chi connectivity index (χ1v) is 6.50. The summed E-state index contributed by atoms with van der Waals surface area (Å²) in [5.41, 5.74) is 0.684. The van der Waals surface area contributed by atoms with Crippen molar-refractivity contribution in [2.75, 3.05) is 0 Å². The first-order valence-electron chi connectivity index (χ1n) is 5.42. The second-order valence-corrected chi connectivity index (χ2v) is 4.90. The number of nitro benzene ring substituents is 1. The van der Waals surface area contributed by atoms with Gasteiger partial charge in [0.25, 0.3) is 5.69 Å². The van der Waals surface area contributed by atoms with Gasteiger partial charge >= 0.3 is 0 Å². The van der Waals surface area contributed by atoms with Gasteiger partial charge in [-0.05, 0) is 34.7 Å². The second-order valence-electron chi connectivity index (χ2n) is 3.74. The van der Waals surface area contributed by atoms with Crippen molar-refractivity contribution in [1.82, 2.24) is 0 Å². The fraction of sp³-hybridized carbons (Fsp3) is 0.0769. The molecule has 5 nitrogen and oxygen atoms in total. The molecule has 0 spiro atoms. The molecule has 98 valence electrons. The van der Waals surface area contributed by atoms with Crippen LogP contribution in [-0.4, -0.2) is 10.0 Å². The van der Waals surface area contributed by atoms with Crippen LogP contribution in [0.15, 0.2) is 42.5 Å². The molecule has 1 N–H and O–H groups in total. The molecule has 0 heterocycles. The van der Waals surface area contributed by atoms with Gasteiger partial charge in [0.05, 0.1) is 15.1 Å². The largest absolute Gasteiger partial charge is 0.456 e. The van der Waals surface area contributed by atoms with E-state index in [4.69, 9.17) is 4.74 Å². The lowest BCUT2D eigenvalue weighted by Gasteiger charge is -2.10. The van der Waals surface area contributed by atoms with Gasteiger partial charge in [0.2, 0.25) is 0 Å². The van der Waals surface area contributed by atoms with Crippen LogP contribution in [0.3, 0.4) is 0 Å². The number of non-ortho nitro benzene ring substituents is 1. The number of hydrogen-bond acceptors (Lipinski definition) is 4. The zero-order valence-electron chi connectivity index (χ0n) is 9.75. The molecule has 0 unspecified atom stereocenters. The molecule has 0 saturated heterocycles. The molecule has 2 aromatic rings. The molecule has 0 amide bonds. The zero-order chi connectivity index (χ0) is 13.8. The van der Waals surface area contributed by atoms with E-state index < -0.39 is 4.92 Å². The van der Waals surface area contributed by atoms with Crippen LogP contribution in [0.1, 0.15) is 5.56 Å². The zero-order valence-corrected chi connectivity index (χ0v) is 11.9. The van der Waals surface area contributed by atoms with E-state index in [1.165, 1.54) is 12.1 Å². The Kier molecular flexibility index (Phi) is 4.33. The summed E-state index contributed by atoms with van der Waals surface area (Å²) in [6.07, 6.45) is 0. The van der Waals surface area contributed by atoms with Crippen molar-refractivity contribution in [2.45, 2.75) is 6.61 Å². The topological polar surface area (TPSA) is 72.6 Å². The average Bonchev–Trinajstić information content (AvgIpc) is 2.41. The molecule has 0 aromatic heterocycles. The van der Waals surface area contributed by atoms with E-state index in [2.05, 4.69) is 0 Å². The van der Waals surface area contributed by atoms with Gasteiger partial charge in [0.15, 0.2) is 0 Å². The predicted octanol–water partition coefficient (Wildman–Crippen LogP) is 3.48. The van der Waals surface area contributed by atoms with Gasteiger partial charge in [-0.25, -0.2) is 0 Å². The van der Waals surface area contributed by atoms with Gasteiger partial charge < -0.3 is 9.84 Å². The van der Waals surface area contributed by atoms with Crippen molar-refractivity contribution < 1.29 is 14.8 Å². The monoisotopic (exact) mass is 371 g/mol. The minimum Gasteiger partial charge on any atom is -0.456 e. The summed E-state index contributed by atoms with van der Waals surface area (Å²) in [5.74, 6) is 1.06. The molecule has 0 aliphatic rings. The van der Waals surface area contributed by atoms with E-state index >= 15 is 0 Å². The smallest absolute Gasteiger partial charge is 0.270 e. The fourth-order valence-corrected chi connectivity index (χ4v) is 2.15. The number of halogens is 1. The standard InChI is InChI=1S/C13H10INO4/c14-11-7-10(15(17)18)5-6-13(11)19-12-4-2-1-3-9(12)8-16/h1-7,16H,8H2. The third-order valence-corrected chi connectivity index (χ3v) is 3.33. The Balaban J connectivity index is 2.31. The van der Waals surface area contributed by atoms with Gasteiger partial charge in [-0.2, -0.15) is 0 Å². The number of nitro groups is 1. The van der Waals surface area contributed by atoms with E-state index in [0.29, 0.717) is 20.6 Å².